The molecule has 1 aliphatic heterocycles. The first-order valence-corrected chi connectivity index (χ1v) is 13.2. The van der Waals surface area contributed by atoms with Crippen LogP contribution in [-0.2, 0) is 11.3 Å². The van der Waals surface area contributed by atoms with Gasteiger partial charge in [-0.1, -0.05) is 25.0 Å². The lowest BCUT2D eigenvalue weighted by Gasteiger charge is -2.28. The van der Waals surface area contributed by atoms with E-state index < -0.39 is 0 Å². The van der Waals surface area contributed by atoms with Gasteiger partial charge in [0.1, 0.15) is 0 Å². The molecule has 7 nitrogen and oxygen atoms in total. The highest BCUT2D eigenvalue weighted by atomic mass is 16.5. The highest BCUT2D eigenvalue weighted by Crippen LogP contribution is 2.34. The predicted molar refractivity (Wildman–Crippen MR) is 144 cm³/mol. The van der Waals surface area contributed by atoms with Gasteiger partial charge in [0.05, 0.1) is 36.6 Å². The summed E-state index contributed by atoms with van der Waals surface area (Å²) in [6, 6.07) is 13.3. The largest absolute Gasteiger partial charge is 0.382 e. The van der Waals surface area contributed by atoms with Crippen LogP contribution in [0.1, 0.15) is 66.6 Å². The number of nitriles is 1. The molecule has 0 amide bonds. The fourth-order valence-corrected chi connectivity index (χ4v) is 5.56. The van der Waals surface area contributed by atoms with Crippen LogP contribution in [0, 0.1) is 25.2 Å². The zero-order chi connectivity index (χ0) is 25.1. The van der Waals surface area contributed by atoms with Crippen molar-refractivity contribution < 1.29 is 4.74 Å². The minimum atomic E-state index is -0.0160. The minimum absolute atomic E-state index is 0.0160. The Morgan fingerprint density at radius 2 is 1.89 bits per heavy atom. The van der Waals surface area contributed by atoms with Crippen LogP contribution in [0.2, 0.25) is 0 Å². The topological polar surface area (TPSA) is 86.1 Å². The second-order valence-electron chi connectivity index (χ2n) is 10.2. The maximum absolute atomic E-state index is 9.47. The number of ether oxygens (including phenoxy) is 1. The highest BCUT2D eigenvalue weighted by Gasteiger charge is 2.21. The number of rotatable bonds is 7. The maximum Gasteiger partial charge on any atom is 0.157 e. The lowest BCUT2D eigenvalue weighted by Crippen LogP contribution is -2.36. The molecule has 2 aliphatic rings. The van der Waals surface area contributed by atoms with Crippen molar-refractivity contribution in [2.75, 3.05) is 36.9 Å². The smallest absolute Gasteiger partial charge is 0.157 e. The average molecular weight is 485 g/mol. The summed E-state index contributed by atoms with van der Waals surface area (Å²) in [5, 5.41) is 28.2. The van der Waals surface area contributed by atoms with Crippen molar-refractivity contribution in [3.63, 3.8) is 0 Å². The van der Waals surface area contributed by atoms with Crippen LogP contribution < -0.4 is 10.6 Å². The zero-order valence-corrected chi connectivity index (χ0v) is 21.6. The molecular weight excluding hydrogens is 448 g/mol. The van der Waals surface area contributed by atoms with Crippen molar-refractivity contribution in [2.45, 2.75) is 65.1 Å². The third kappa shape index (κ3) is 5.16. The Morgan fingerprint density at radius 1 is 1.11 bits per heavy atom. The molecule has 36 heavy (non-hydrogen) atoms. The summed E-state index contributed by atoms with van der Waals surface area (Å²) in [6.07, 6.45) is 5.03. The van der Waals surface area contributed by atoms with E-state index in [1.54, 1.807) is 0 Å². The molecule has 2 N–H and O–H groups in total. The van der Waals surface area contributed by atoms with Gasteiger partial charge in [0.15, 0.2) is 5.82 Å². The van der Waals surface area contributed by atoms with Crippen molar-refractivity contribution in [1.82, 2.24) is 15.1 Å². The summed E-state index contributed by atoms with van der Waals surface area (Å²) in [7, 11) is 0. The van der Waals surface area contributed by atoms with Crippen LogP contribution in [0.5, 0.6) is 0 Å². The molecule has 0 radical (unpaired) electrons. The molecule has 5 rings (SSSR count). The van der Waals surface area contributed by atoms with Crippen molar-refractivity contribution >= 4 is 22.3 Å². The second-order valence-corrected chi connectivity index (χ2v) is 10.2. The molecule has 1 aromatic heterocycles. The molecular formula is C29H36N6O. The molecule has 1 unspecified atom stereocenters. The van der Waals surface area contributed by atoms with E-state index >= 15 is 0 Å². The number of benzene rings is 2. The molecule has 1 atom stereocenters. The number of anilines is 2. The number of aromatic nitrogens is 2. The first-order chi connectivity index (χ1) is 17.5. The molecule has 0 bridgehead atoms. The summed E-state index contributed by atoms with van der Waals surface area (Å²) < 4.78 is 5.58. The number of nitrogens with one attached hydrogen (secondary N) is 2. The van der Waals surface area contributed by atoms with E-state index in [1.165, 1.54) is 36.9 Å². The molecule has 0 spiro atoms. The van der Waals surface area contributed by atoms with Gasteiger partial charge in [0.2, 0.25) is 0 Å². The van der Waals surface area contributed by atoms with E-state index in [-0.39, 0.29) is 6.04 Å². The highest BCUT2D eigenvalue weighted by molar-refractivity contribution is 5.96. The standard InChI is InChI=1S/C29H36N6O/c1-19-22(17-30)7-6-10-25(19)20(2)31-29-27-16-28(32-24-8-4-5-9-24)23(15-26(27)21(3)33-34-29)18-35-11-13-36-14-12-35/h6-7,10,15-16,20,24,32H,4-5,8-9,11-14,18H2,1-3H3,(H,31,34). The number of hydrogen-bond donors (Lipinski definition) is 2. The van der Waals surface area contributed by atoms with Gasteiger partial charge in [-0.2, -0.15) is 10.4 Å². The third-order valence-electron chi connectivity index (χ3n) is 7.72. The first-order valence-electron chi connectivity index (χ1n) is 13.2. The zero-order valence-electron chi connectivity index (χ0n) is 21.6. The molecule has 1 saturated heterocycles. The summed E-state index contributed by atoms with van der Waals surface area (Å²) >= 11 is 0. The molecule has 188 valence electrons. The lowest BCUT2D eigenvalue weighted by atomic mass is 9.98. The molecule has 2 heterocycles. The van der Waals surface area contributed by atoms with Crippen LogP contribution in [-0.4, -0.2) is 47.4 Å². The number of morpholine rings is 1. The van der Waals surface area contributed by atoms with E-state index in [0.29, 0.717) is 11.6 Å². The normalized spacial score (nSPS) is 17.7. The Morgan fingerprint density at radius 3 is 2.64 bits per heavy atom. The monoisotopic (exact) mass is 484 g/mol. The van der Waals surface area contributed by atoms with Crippen LogP contribution in [0.4, 0.5) is 11.5 Å². The Kier molecular flexibility index (Phi) is 7.35. The Hall–Kier alpha value is -3.21. The molecule has 3 aromatic rings. The number of nitrogens with zero attached hydrogens (tertiary/aromatic N) is 4. The molecule has 1 saturated carbocycles. The van der Waals surface area contributed by atoms with Crippen LogP contribution >= 0.6 is 0 Å². The van der Waals surface area contributed by atoms with Gasteiger partial charge >= 0.3 is 0 Å². The minimum Gasteiger partial charge on any atom is -0.382 e. The summed E-state index contributed by atoms with van der Waals surface area (Å²) in [6.45, 7) is 10.6. The van der Waals surface area contributed by atoms with Gasteiger partial charge in [0, 0.05) is 42.1 Å². The fourth-order valence-electron chi connectivity index (χ4n) is 5.56. The van der Waals surface area contributed by atoms with Gasteiger partial charge < -0.3 is 15.4 Å². The molecule has 2 fully saturated rings. The average Bonchev–Trinajstić information content (AvgIpc) is 3.40. The second kappa shape index (κ2) is 10.8. The van der Waals surface area contributed by atoms with Crippen LogP contribution in [0.3, 0.4) is 0 Å². The van der Waals surface area contributed by atoms with Gasteiger partial charge in [0.25, 0.3) is 0 Å². The van der Waals surface area contributed by atoms with Crippen LogP contribution in [0.15, 0.2) is 30.3 Å². The fraction of sp³-hybridized carbons (Fsp3) is 0.483. The Balaban J connectivity index is 1.52. The van der Waals surface area contributed by atoms with E-state index in [0.717, 1.165) is 66.3 Å². The molecule has 7 heteroatoms. The van der Waals surface area contributed by atoms with Crippen molar-refractivity contribution in [2.24, 2.45) is 0 Å². The maximum atomic E-state index is 9.47. The SMILES string of the molecule is Cc1c(C#N)cccc1C(C)Nc1nnc(C)c2cc(CN3CCOCC3)c(NC3CCCC3)cc12. The summed E-state index contributed by atoms with van der Waals surface area (Å²) in [5.74, 6) is 0.775. The van der Waals surface area contributed by atoms with Crippen molar-refractivity contribution in [3.05, 3.63) is 58.3 Å². The third-order valence-corrected chi connectivity index (χ3v) is 7.72. The van der Waals surface area contributed by atoms with Gasteiger partial charge in [-0.15, -0.1) is 5.10 Å². The van der Waals surface area contributed by atoms with E-state index in [2.05, 4.69) is 56.9 Å². The number of fused-ring (bicyclic) bond motifs is 1. The Bertz CT molecular complexity index is 1270. The van der Waals surface area contributed by atoms with Gasteiger partial charge in [-0.25, -0.2) is 0 Å². The van der Waals surface area contributed by atoms with Gasteiger partial charge in [-0.3, -0.25) is 4.90 Å². The molecule has 1 aliphatic carbocycles. The first kappa shape index (κ1) is 24.5. The summed E-state index contributed by atoms with van der Waals surface area (Å²) in [5.41, 5.74) is 6.24. The molecule has 2 aromatic carbocycles. The Labute approximate surface area is 213 Å². The summed E-state index contributed by atoms with van der Waals surface area (Å²) in [4.78, 5) is 2.47. The predicted octanol–water partition coefficient (Wildman–Crippen LogP) is 5.48. The van der Waals surface area contributed by atoms with Crippen molar-refractivity contribution in [1.29, 1.82) is 5.26 Å². The van der Waals surface area contributed by atoms with Crippen molar-refractivity contribution in [3.8, 4) is 6.07 Å². The number of aryl methyl sites for hydroxylation is 1. The van der Waals surface area contributed by atoms with Gasteiger partial charge in [-0.05, 0) is 68.5 Å². The number of hydrogen-bond acceptors (Lipinski definition) is 7. The van der Waals surface area contributed by atoms with Crippen LogP contribution in [0.25, 0.3) is 10.8 Å². The quantitative estimate of drug-likeness (QED) is 0.459. The lowest BCUT2D eigenvalue weighted by molar-refractivity contribution is 0.0343. The van der Waals surface area contributed by atoms with E-state index in [9.17, 15) is 5.26 Å². The van der Waals surface area contributed by atoms with E-state index in [1.807, 2.05) is 26.0 Å². The van der Waals surface area contributed by atoms with E-state index in [4.69, 9.17) is 4.74 Å².